The van der Waals surface area contributed by atoms with E-state index in [2.05, 4.69) is 4.98 Å². The molecule has 0 aromatic carbocycles. The average molecular weight is 202 g/mol. The SMILES string of the molecule is O=CCCCc1cc(Cl)cnc1F. The molecule has 0 saturated carbocycles. The van der Waals surface area contributed by atoms with E-state index in [1.165, 1.54) is 12.3 Å². The average Bonchev–Trinajstić information content (AvgIpc) is 2.11. The van der Waals surface area contributed by atoms with Gasteiger partial charge in [0.1, 0.15) is 6.29 Å². The number of aromatic nitrogens is 1. The summed E-state index contributed by atoms with van der Waals surface area (Å²) in [5.74, 6) is -0.504. The zero-order valence-corrected chi connectivity index (χ0v) is 7.72. The van der Waals surface area contributed by atoms with Crippen LogP contribution in [0.3, 0.4) is 0 Å². The number of hydrogen-bond donors (Lipinski definition) is 0. The maximum atomic E-state index is 12.9. The van der Waals surface area contributed by atoms with E-state index in [4.69, 9.17) is 11.6 Å². The third kappa shape index (κ3) is 3.11. The fourth-order valence-electron chi connectivity index (χ4n) is 1.02. The van der Waals surface area contributed by atoms with Crippen LogP contribution in [0.2, 0.25) is 5.02 Å². The summed E-state index contributed by atoms with van der Waals surface area (Å²) in [5, 5.41) is 0.419. The van der Waals surface area contributed by atoms with E-state index in [1.54, 1.807) is 0 Å². The summed E-state index contributed by atoms with van der Waals surface area (Å²) < 4.78 is 12.9. The molecular formula is C9H9ClFNO. The molecule has 0 spiro atoms. The number of carbonyl (C=O) groups excluding carboxylic acids is 1. The molecule has 70 valence electrons. The lowest BCUT2D eigenvalue weighted by molar-refractivity contribution is -0.107. The van der Waals surface area contributed by atoms with Gasteiger partial charge in [-0.05, 0) is 18.9 Å². The molecule has 1 heterocycles. The molecule has 0 radical (unpaired) electrons. The lowest BCUT2D eigenvalue weighted by atomic mass is 10.1. The summed E-state index contributed by atoms with van der Waals surface area (Å²) in [6, 6.07) is 1.54. The Morgan fingerprint density at radius 3 is 3.08 bits per heavy atom. The van der Waals surface area contributed by atoms with Crippen molar-refractivity contribution in [3.63, 3.8) is 0 Å². The van der Waals surface area contributed by atoms with E-state index in [-0.39, 0.29) is 0 Å². The number of nitrogens with zero attached hydrogens (tertiary/aromatic N) is 1. The highest BCUT2D eigenvalue weighted by Crippen LogP contribution is 2.14. The largest absolute Gasteiger partial charge is 0.303 e. The molecule has 0 atom stereocenters. The van der Waals surface area contributed by atoms with Gasteiger partial charge in [-0.3, -0.25) is 0 Å². The van der Waals surface area contributed by atoms with E-state index in [1.807, 2.05) is 0 Å². The van der Waals surface area contributed by atoms with Gasteiger partial charge in [0.25, 0.3) is 0 Å². The minimum absolute atomic E-state index is 0.419. The molecule has 4 heteroatoms. The Hall–Kier alpha value is -0.960. The molecule has 1 aromatic heterocycles. The van der Waals surface area contributed by atoms with Gasteiger partial charge >= 0.3 is 0 Å². The summed E-state index contributed by atoms with van der Waals surface area (Å²) >= 11 is 5.63. The zero-order chi connectivity index (χ0) is 9.68. The summed E-state index contributed by atoms with van der Waals surface area (Å²) in [7, 11) is 0. The Bertz CT molecular complexity index is 304. The van der Waals surface area contributed by atoms with Gasteiger partial charge < -0.3 is 4.79 Å². The van der Waals surface area contributed by atoms with Crippen LogP contribution in [0.1, 0.15) is 18.4 Å². The van der Waals surface area contributed by atoms with Crippen molar-refractivity contribution in [1.29, 1.82) is 0 Å². The second-order valence-corrected chi connectivity index (χ2v) is 3.10. The lowest BCUT2D eigenvalue weighted by Crippen LogP contribution is -1.94. The Morgan fingerprint density at radius 2 is 2.38 bits per heavy atom. The molecule has 0 saturated heterocycles. The first-order valence-corrected chi connectivity index (χ1v) is 4.35. The van der Waals surface area contributed by atoms with Crippen molar-refractivity contribution < 1.29 is 9.18 Å². The first-order chi connectivity index (χ1) is 6.24. The Morgan fingerprint density at radius 1 is 1.62 bits per heavy atom. The van der Waals surface area contributed by atoms with E-state index in [0.29, 0.717) is 29.8 Å². The molecule has 0 fully saturated rings. The molecule has 0 unspecified atom stereocenters. The van der Waals surface area contributed by atoms with Crippen LogP contribution in [0.15, 0.2) is 12.3 Å². The molecule has 0 aliphatic carbocycles. The van der Waals surface area contributed by atoms with Crippen molar-refractivity contribution >= 4 is 17.9 Å². The first kappa shape index (κ1) is 10.1. The number of pyridine rings is 1. The van der Waals surface area contributed by atoms with Gasteiger partial charge in [0.05, 0.1) is 5.02 Å². The molecular weight excluding hydrogens is 193 g/mol. The van der Waals surface area contributed by atoms with Crippen molar-refractivity contribution in [2.24, 2.45) is 0 Å². The quantitative estimate of drug-likeness (QED) is 0.425. The van der Waals surface area contributed by atoms with Crippen LogP contribution in [0.5, 0.6) is 0 Å². The van der Waals surface area contributed by atoms with Gasteiger partial charge in [-0.25, -0.2) is 4.98 Å². The normalized spacial score (nSPS) is 10.0. The number of carbonyl (C=O) groups is 1. The number of aldehydes is 1. The molecule has 2 nitrogen and oxygen atoms in total. The van der Waals surface area contributed by atoms with Crippen LogP contribution in [0.4, 0.5) is 4.39 Å². The Balaban J connectivity index is 2.64. The minimum atomic E-state index is -0.504. The lowest BCUT2D eigenvalue weighted by Gasteiger charge is -2.00. The topological polar surface area (TPSA) is 30.0 Å². The molecule has 0 aliphatic heterocycles. The van der Waals surface area contributed by atoms with Gasteiger partial charge in [0.15, 0.2) is 0 Å². The summed E-state index contributed by atoms with van der Waals surface area (Å²) in [6.07, 6.45) is 3.64. The standard InChI is InChI=1S/C9H9ClFNO/c10-8-5-7(3-1-2-4-13)9(11)12-6-8/h4-6H,1-3H2. The van der Waals surface area contributed by atoms with Gasteiger partial charge in [0, 0.05) is 18.2 Å². The van der Waals surface area contributed by atoms with Crippen LogP contribution in [-0.4, -0.2) is 11.3 Å². The van der Waals surface area contributed by atoms with Crippen LogP contribution >= 0.6 is 11.6 Å². The fourth-order valence-corrected chi connectivity index (χ4v) is 1.20. The smallest absolute Gasteiger partial charge is 0.216 e. The molecule has 0 N–H and O–H groups in total. The highest BCUT2D eigenvalue weighted by Gasteiger charge is 2.03. The van der Waals surface area contributed by atoms with Gasteiger partial charge in [-0.2, -0.15) is 4.39 Å². The number of unbranched alkanes of at least 4 members (excludes halogenated alkanes) is 1. The summed E-state index contributed by atoms with van der Waals surface area (Å²) in [6.45, 7) is 0. The van der Waals surface area contributed by atoms with E-state index in [0.717, 1.165) is 6.29 Å². The monoisotopic (exact) mass is 201 g/mol. The number of hydrogen-bond acceptors (Lipinski definition) is 2. The maximum Gasteiger partial charge on any atom is 0.216 e. The molecule has 0 amide bonds. The maximum absolute atomic E-state index is 12.9. The van der Waals surface area contributed by atoms with Crippen molar-refractivity contribution in [3.8, 4) is 0 Å². The van der Waals surface area contributed by atoms with E-state index >= 15 is 0 Å². The van der Waals surface area contributed by atoms with Crippen molar-refractivity contribution in [3.05, 3.63) is 28.8 Å². The van der Waals surface area contributed by atoms with Crippen LogP contribution in [0.25, 0.3) is 0 Å². The minimum Gasteiger partial charge on any atom is -0.303 e. The van der Waals surface area contributed by atoms with E-state index in [9.17, 15) is 9.18 Å². The van der Waals surface area contributed by atoms with Crippen LogP contribution in [0, 0.1) is 5.95 Å². The second-order valence-electron chi connectivity index (χ2n) is 2.66. The fraction of sp³-hybridized carbons (Fsp3) is 0.333. The molecule has 13 heavy (non-hydrogen) atoms. The van der Waals surface area contributed by atoms with E-state index < -0.39 is 5.95 Å². The molecule has 0 bridgehead atoms. The highest BCUT2D eigenvalue weighted by molar-refractivity contribution is 6.30. The summed E-state index contributed by atoms with van der Waals surface area (Å²) in [4.78, 5) is 13.5. The van der Waals surface area contributed by atoms with Gasteiger partial charge in [-0.1, -0.05) is 11.6 Å². The van der Waals surface area contributed by atoms with Gasteiger partial charge in [0.2, 0.25) is 5.95 Å². The van der Waals surface area contributed by atoms with Crippen LogP contribution < -0.4 is 0 Å². The predicted molar refractivity (Wildman–Crippen MR) is 48.2 cm³/mol. The van der Waals surface area contributed by atoms with Gasteiger partial charge in [-0.15, -0.1) is 0 Å². The highest BCUT2D eigenvalue weighted by atomic mass is 35.5. The van der Waals surface area contributed by atoms with Crippen molar-refractivity contribution in [2.45, 2.75) is 19.3 Å². The summed E-state index contributed by atoms with van der Waals surface area (Å²) in [5.41, 5.74) is 0.467. The predicted octanol–water partition coefficient (Wildman–Crippen LogP) is 2.40. The first-order valence-electron chi connectivity index (χ1n) is 3.97. The molecule has 1 rings (SSSR count). The number of rotatable bonds is 4. The third-order valence-corrected chi connectivity index (χ3v) is 1.85. The van der Waals surface area contributed by atoms with Crippen LogP contribution in [-0.2, 0) is 11.2 Å². The molecule has 1 aromatic rings. The third-order valence-electron chi connectivity index (χ3n) is 1.65. The second kappa shape index (κ2) is 4.92. The van der Waals surface area contributed by atoms with Crippen molar-refractivity contribution in [1.82, 2.24) is 4.98 Å². The van der Waals surface area contributed by atoms with Crippen molar-refractivity contribution in [2.75, 3.05) is 0 Å². The Labute approximate surface area is 80.7 Å². The zero-order valence-electron chi connectivity index (χ0n) is 6.96. The number of aryl methyl sites for hydroxylation is 1. The Kier molecular flexibility index (Phi) is 3.83. The number of halogens is 2. The molecule has 0 aliphatic rings.